The highest BCUT2D eigenvalue weighted by Gasteiger charge is 2.92. The fourth-order valence-electron chi connectivity index (χ4n) is 7.73. The molecule has 3 aromatic rings. The van der Waals surface area contributed by atoms with Crippen LogP contribution in [0, 0.1) is 17.8 Å². The van der Waals surface area contributed by atoms with Crippen LogP contribution in [-0.4, -0.2) is 129 Å². The van der Waals surface area contributed by atoms with Crippen molar-refractivity contribution in [1.29, 1.82) is 0 Å². The molecule has 0 aromatic carbocycles. The van der Waals surface area contributed by atoms with Crippen molar-refractivity contribution in [2.75, 3.05) is 55.3 Å². The molecular formula is C24H33N10O18P3. The van der Waals surface area contributed by atoms with Gasteiger partial charge < -0.3 is 65.5 Å². The van der Waals surface area contributed by atoms with E-state index in [9.17, 15) is 53.3 Å². The van der Waals surface area contributed by atoms with E-state index in [-0.39, 0.29) is 41.2 Å². The van der Waals surface area contributed by atoms with Crippen LogP contribution in [0.1, 0.15) is 6.23 Å². The summed E-state index contributed by atoms with van der Waals surface area (Å²) in [4.78, 5) is 74.8. The molecule has 3 aliphatic heterocycles. The largest absolute Gasteiger partial charge is 0.490 e. The van der Waals surface area contributed by atoms with Crippen molar-refractivity contribution in [3.63, 3.8) is 0 Å². The molecule has 12 N–H and O–H groups in total. The van der Waals surface area contributed by atoms with Crippen molar-refractivity contribution in [3.8, 4) is 0 Å². The number of imidazole rings is 1. The maximum atomic E-state index is 12.7. The van der Waals surface area contributed by atoms with Gasteiger partial charge in [-0.2, -0.15) is 18.6 Å². The van der Waals surface area contributed by atoms with E-state index >= 15 is 0 Å². The Morgan fingerprint density at radius 2 is 1.60 bits per heavy atom. The summed E-state index contributed by atoms with van der Waals surface area (Å²) in [7, 11) is -14.3. The number of methoxy groups -OCH3 is 1. The second kappa shape index (κ2) is 12.5. The number of aromatic amines is 2. The minimum absolute atomic E-state index is 0.135. The first-order valence-corrected chi connectivity index (χ1v) is 20.4. The number of hydrogen-bond acceptors (Lipinski definition) is 22. The number of aliphatic hydroxyl groups is 3. The number of aliphatic hydroxyl groups excluding tert-OH is 2. The van der Waals surface area contributed by atoms with Crippen LogP contribution < -0.4 is 32.4 Å². The summed E-state index contributed by atoms with van der Waals surface area (Å²) in [6.45, 7) is -1.63. The summed E-state index contributed by atoms with van der Waals surface area (Å²) in [6, 6.07) is -0.747. The number of hydrogen-bond donors (Lipinski definition) is 10. The first-order chi connectivity index (χ1) is 25.6. The third-order valence-corrected chi connectivity index (χ3v) is 14.3. The lowest BCUT2D eigenvalue weighted by atomic mass is 10.1. The predicted octanol–water partition coefficient (Wildman–Crippen LogP) is -3.43. The Morgan fingerprint density at radius 3 is 2.27 bits per heavy atom. The first-order valence-electron chi connectivity index (χ1n) is 15.9. The summed E-state index contributed by atoms with van der Waals surface area (Å²) in [6.07, 6.45) is -5.56. The molecule has 13 atom stereocenters. The van der Waals surface area contributed by atoms with Crippen LogP contribution in [0.15, 0.2) is 15.9 Å². The van der Waals surface area contributed by atoms with Crippen molar-refractivity contribution < 1.29 is 75.6 Å². The number of phosphoric ester groups is 2. The van der Waals surface area contributed by atoms with Crippen LogP contribution in [-0.2, 0) is 45.6 Å². The number of phosphoric acid groups is 3. The van der Waals surface area contributed by atoms with Crippen molar-refractivity contribution in [1.82, 2.24) is 29.5 Å². The molecule has 302 valence electrons. The molecule has 28 nitrogen and oxygen atoms in total. The van der Waals surface area contributed by atoms with Crippen molar-refractivity contribution in [2.45, 2.75) is 42.2 Å². The number of nitrogen functional groups attached to an aromatic ring is 2. The predicted molar refractivity (Wildman–Crippen MR) is 177 cm³/mol. The average Bonchev–Trinajstić information content (AvgIpc) is 3.46. The van der Waals surface area contributed by atoms with Crippen LogP contribution in [0.2, 0.25) is 0 Å². The number of aromatic nitrogens is 6. The van der Waals surface area contributed by atoms with Gasteiger partial charge in [0, 0.05) is 31.9 Å². The molecular weight excluding hydrogens is 809 g/mol. The third kappa shape index (κ3) is 6.22. The maximum absolute atomic E-state index is 12.7. The van der Waals surface area contributed by atoms with Gasteiger partial charge in [-0.05, 0) is 0 Å². The van der Waals surface area contributed by atoms with Gasteiger partial charge in [-0.1, -0.05) is 0 Å². The average molecular weight is 843 g/mol. The lowest BCUT2D eigenvalue weighted by Crippen LogP contribution is -2.40. The van der Waals surface area contributed by atoms with Crippen molar-refractivity contribution >= 4 is 58.0 Å². The Labute approximate surface area is 305 Å². The topological polar surface area (TPSA) is 405 Å². The number of fused-ring (bicyclic) bond motifs is 5. The smallest absolute Gasteiger partial charge is 0.387 e. The van der Waals surface area contributed by atoms with E-state index in [4.69, 9.17) is 30.2 Å². The van der Waals surface area contributed by atoms with Crippen LogP contribution in [0.25, 0.3) is 11.2 Å². The highest BCUT2D eigenvalue weighted by Crippen LogP contribution is 2.78. The molecule has 8 rings (SSSR count). The fourth-order valence-corrected chi connectivity index (χ4v) is 11.3. The van der Waals surface area contributed by atoms with E-state index in [0.717, 1.165) is 10.9 Å². The van der Waals surface area contributed by atoms with Crippen molar-refractivity contribution in [2.24, 2.45) is 17.8 Å². The van der Waals surface area contributed by atoms with E-state index in [0.29, 0.717) is 0 Å². The van der Waals surface area contributed by atoms with Crippen molar-refractivity contribution in [3.05, 3.63) is 27.0 Å². The lowest BCUT2D eigenvalue weighted by molar-refractivity contribution is -0.251. The second-order valence-corrected chi connectivity index (χ2v) is 17.9. The standard InChI is InChI=1S/C24H33N10O18P3/c1-32-6-34(17-12(32)19(38)31-22(26)29-17)15-10-9-7(24(9,46-2)50-23(10,15)39)3-47-53(40,41)51-55(44,45)52-54(42,43)48-4-8-13(35)14(36)20(49-8)33-5-27-11-16(33)28-21(25)30-18(11)37/h5,7-10,13-15,20,35-36,39H,3-4,6H2,1-2H3,(H,40,41)(H,42,43)(H,44,45)(H3,25,28,30,37)(H3,26,29,31,38)/t7?,8?,9?,10-,13?,14?,15?,20?,23+,24+/m0/s1. The Bertz CT molecular complexity index is 2350. The van der Waals surface area contributed by atoms with Gasteiger partial charge in [0.25, 0.3) is 11.1 Å². The number of H-pyrrole nitrogens is 2. The highest BCUT2D eigenvalue weighted by molar-refractivity contribution is 7.66. The Hall–Kier alpha value is -3.40. The highest BCUT2D eigenvalue weighted by atomic mass is 31.3. The minimum Gasteiger partial charge on any atom is -0.387 e. The summed E-state index contributed by atoms with van der Waals surface area (Å²) in [5, 5.41) is 32.4. The van der Waals surface area contributed by atoms with Gasteiger partial charge in [-0.15, -0.1) is 0 Å². The second-order valence-electron chi connectivity index (χ2n) is 13.3. The van der Waals surface area contributed by atoms with Crippen LogP contribution >= 0.6 is 23.5 Å². The molecule has 0 spiro atoms. The molecule has 5 aliphatic rings. The van der Waals surface area contributed by atoms with Gasteiger partial charge in [0.2, 0.25) is 11.9 Å². The number of rotatable bonds is 13. The molecule has 31 heteroatoms. The lowest BCUT2D eigenvalue weighted by Gasteiger charge is -2.25. The van der Waals surface area contributed by atoms with E-state index in [2.05, 4.69) is 38.1 Å². The first kappa shape index (κ1) is 38.5. The van der Waals surface area contributed by atoms with Gasteiger partial charge in [0.05, 0.1) is 32.3 Å². The van der Waals surface area contributed by atoms with E-state index < -0.39 is 108 Å². The summed E-state index contributed by atoms with van der Waals surface area (Å²) < 4.78 is 73.6. The molecule has 2 aliphatic carbocycles. The number of nitrogens with two attached hydrogens (primary N) is 2. The summed E-state index contributed by atoms with van der Waals surface area (Å²) in [5.74, 6) is -5.68. The molecule has 0 amide bonds. The number of nitrogens with one attached hydrogen (secondary N) is 2. The Balaban J connectivity index is 0.864. The normalized spacial score (nSPS) is 36.6. The molecule has 4 fully saturated rings. The Morgan fingerprint density at radius 1 is 0.964 bits per heavy atom. The summed E-state index contributed by atoms with van der Waals surface area (Å²) >= 11 is 0. The zero-order valence-electron chi connectivity index (χ0n) is 28.1. The number of ether oxygens (including phenoxy) is 3. The van der Waals surface area contributed by atoms with Crippen LogP contribution in [0.3, 0.4) is 0 Å². The molecule has 55 heavy (non-hydrogen) atoms. The minimum atomic E-state index is -5.94. The Kier molecular flexibility index (Phi) is 8.78. The molecule has 6 heterocycles. The van der Waals surface area contributed by atoms with Gasteiger partial charge >= 0.3 is 23.5 Å². The number of nitrogens with zero attached hydrogens (tertiary/aromatic N) is 6. The van der Waals surface area contributed by atoms with Gasteiger partial charge in [0.1, 0.15) is 24.0 Å². The van der Waals surface area contributed by atoms with E-state index in [1.165, 1.54) is 7.11 Å². The van der Waals surface area contributed by atoms with Crippen LogP contribution in [0.5, 0.6) is 0 Å². The molecule has 0 bridgehead atoms. The zero-order chi connectivity index (χ0) is 39.8. The monoisotopic (exact) mass is 842 g/mol. The number of anilines is 4. The quantitative estimate of drug-likeness (QED) is 0.0749. The van der Waals surface area contributed by atoms with Gasteiger partial charge in [-0.3, -0.25) is 33.2 Å². The van der Waals surface area contributed by atoms with E-state index in [1.54, 1.807) is 16.8 Å². The molecule has 2 saturated heterocycles. The molecule has 10 unspecified atom stereocenters. The molecule has 0 radical (unpaired) electrons. The zero-order valence-corrected chi connectivity index (χ0v) is 30.8. The molecule has 3 aromatic heterocycles. The van der Waals surface area contributed by atoms with Gasteiger partial charge in [-0.25, -0.2) is 18.7 Å². The van der Waals surface area contributed by atoms with E-state index in [1.807, 2.05) is 0 Å². The summed E-state index contributed by atoms with van der Waals surface area (Å²) in [5.41, 5.74) is 9.97. The van der Waals surface area contributed by atoms with Gasteiger partial charge in [0.15, 0.2) is 34.8 Å². The fraction of sp³-hybridized carbons (Fsp3) is 0.625. The third-order valence-electron chi connectivity index (χ3n) is 10.0. The maximum Gasteiger partial charge on any atom is 0.490 e. The van der Waals surface area contributed by atoms with Crippen LogP contribution in [0.4, 0.5) is 23.4 Å². The molecule has 2 saturated carbocycles. The SMILES string of the molecule is CO[C@]12O[C@@]3(O)C(N4CN(C)c5c4nc(N)[nH]c5=O)[C@@H]3C1C2COP(=O)(O)OP(=O)(O)OP(=O)(O)OCC1OC(n2cnc3c(=O)[nH]c(N)nc32)C(O)C1O.